The number of rotatable bonds is 9. The maximum Gasteiger partial charge on any atom is 0.341 e. The lowest BCUT2D eigenvalue weighted by Gasteiger charge is -2.33. The summed E-state index contributed by atoms with van der Waals surface area (Å²) in [6, 6.07) is 10.4. The summed E-state index contributed by atoms with van der Waals surface area (Å²) in [7, 11) is -3.92. The molecule has 1 saturated heterocycles. The monoisotopic (exact) mass is 472 g/mol. The Morgan fingerprint density at radius 1 is 1.10 bits per heavy atom. The van der Waals surface area contributed by atoms with Gasteiger partial charge < -0.3 is 9.84 Å². The van der Waals surface area contributed by atoms with Gasteiger partial charge in [-0.1, -0.05) is 23.7 Å². The smallest absolute Gasteiger partial charge is 0.341 e. The summed E-state index contributed by atoms with van der Waals surface area (Å²) in [5, 5.41) is 9.32. The Morgan fingerprint density at radius 2 is 1.77 bits per heavy atom. The van der Waals surface area contributed by atoms with Gasteiger partial charge in [0.05, 0.1) is 6.61 Å². The van der Waals surface area contributed by atoms with Gasteiger partial charge in [-0.3, -0.25) is 9.08 Å². The summed E-state index contributed by atoms with van der Waals surface area (Å²) in [5.41, 5.74) is 1.27. The molecule has 0 spiro atoms. The van der Waals surface area contributed by atoms with Gasteiger partial charge >= 0.3 is 16.3 Å². The lowest BCUT2D eigenvalue weighted by molar-refractivity contribution is -0.139. The Hall–Kier alpha value is -2.24. The molecule has 3 rings (SSSR count). The van der Waals surface area contributed by atoms with Crippen LogP contribution in [0.5, 0.6) is 5.75 Å². The van der Waals surface area contributed by atoms with Crippen LogP contribution in [0.15, 0.2) is 42.5 Å². The van der Waals surface area contributed by atoms with Crippen molar-refractivity contribution in [1.29, 1.82) is 0 Å². The molecule has 1 fully saturated rings. The van der Waals surface area contributed by atoms with E-state index in [4.69, 9.17) is 25.6 Å². The minimum Gasteiger partial charge on any atom is -0.482 e. The van der Waals surface area contributed by atoms with Crippen molar-refractivity contribution in [3.63, 3.8) is 0 Å². The lowest BCUT2D eigenvalue weighted by atomic mass is 10.1. The number of ether oxygens (including phenoxy) is 1. The van der Waals surface area contributed by atoms with E-state index >= 15 is 0 Å². The first-order valence-electron chi connectivity index (χ1n) is 9.47. The number of carboxylic acid groups (broad SMARTS) is 1. The Labute approximate surface area is 185 Å². The van der Waals surface area contributed by atoms with Gasteiger partial charge in [-0.2, -0.15) is 12.7 Å². The molecule has 0 bridgehead atoms. The molecule has 0 unspecified atom stereocenters. The molecule has 1 aliphatic heterocycles. The molecule has 1 N–H and O–H groups in total. The fourth-order valence-electron chi connectivity index (χ4n) is 3.10. The van der Waals surface area contributed by atoms with Crippen molar-refractivity contribution in [2.75, 3.05) is 32.8 Å². The van der Waals surface area contributed by atoms with Gasteiger partial charge in [0.1, 0.15) is 11.6 Å². The normalized spacial score (nSPS) is 15.7. The third-order valence-corrected chi connectivity index (χ3v) is 6.35. The van der Waals surface area contributed by atoms with Crippen LogP contribution in [0.2, 0.25) is 5.02 Å². The van der Waals surface area contributed by atoms with E-state index in [0.29, 0.717) is 36.0 Å². The van der Waals surface area contributed by atoms with Crippen molar-refractivity contribution < 1.29 is 31.6 Å². The number of aliphatic carboxylic acids is 1. The molecule has 168 valence electrons. The molecule has 0 aliphatic carbocycles. The largest absolute Gasteiger partial charge is 0.482 e. The summed E-state index contributed by atoms with van der Waals surface area (Å²) >= 11 is 6.06. The standard InChI is InChI=1S/C20H22ClFN2O6S/c21-17-3-6-19(29-14-20(25)26)16(11-17)12-23-7-9-24(10-8-23)31(27,28)30-13-15-1-4-18(22)5-2-15/h1-6,11H,7-10,12-14H2,(H,25,26). The van der Waals surface area contributed by atoms with Gasteiger partial charge in [0.2, 0.25) is 0 Å². The number of hydrogen-bond donors (Lipinski definition) is 1. The lowest BCUT2D eigenvalue weighted by Crippen LogP contribution is -2.48. The highest BCUT2D eigenvalue weighted by Gasteiger charge is 2.28. The zero-order chi connectivity index (χ0) is 22.4. The van der Waals surface area contributed by atoms with Gasteiger partial charge in [-0.25, -0.2) is 9.18 Å². The van der Waals surface area contributed by atoms with E-state index in [-0.39, 0.29) is 19.7 Å². The summed E-state index contributed by atoms with van der Waals surface area (Å²) < 4.78 is 49.5. The SMILES string of the molecule is O=C(O)COc1ccc(Cl)cc1CN1CCN(S(=O)(=O)OCc2ccc(F)cc2)CC1. The van der Waals surface area contributed by atoms with Gasteiger partial charge in [0.25, 0.3) is 0 Å². The Kier molecular flexibility index (Phi) is 7.84. The molecule has 0 radical (unpaired) electrons. The number of carboxylic acids is 1. The average Bonchev–Trinajstić information content (AvgIpc) is 2.73. The zero-order valence-electron chi connectivity index (χ0n) is 16.5. The maximum absolute atomic E-state index is 13.0. The van der Waals surface area contributed by atoms with Crippen molar-refractivity contribution in [2.24, 2.45) is 0 Å². The first-order chi connectivity index (χ1) is 14.7. The molecular formula is C20H22ClFN2O6S. The quantitative estimate of drug-likeness (QED) is 0.599. The number of nitrogens with zero attached hydrogens (tertiary/aromatic N) is 2. The minimum atomic E-state index is -3.92. The van der Waals surface area contributed by atoms with Gasteiger partial charge in [-0.05, 0) is 35.9 Å². The molecule has 0 atom stereocenters. The third kappa shape index (κ3) is 6.88. The third-order valence-electron chi connectivity index (χ3n) is 4.70. The number of halogens is 2. The summed E-state index contributed by atoms with van der Waals surface area (Å²) in [6.45, 7) is 1.16. The number of carbonyl (C=O) groups is 1. The highest BCUT2D eigenvalue weighted by Crippen LogP contribution is 2.25. The second-order valence-electron chi connectivity index (χ2n) is 6.96. The molecule has 2 aromatic rings. The minimum absolute atomic E-state index is 0.171. The van der Waals surface area contributed by atoms with E-state index < -0.39 is 28.7 Å². The Balaban J connectivity index is 1.55. The second-order valence-corrected chi connectivity index (χ2v) is 9.00. The van der Waals surface area contributed by atoms with Crippen LogP contribution in [0.4, 0.5) is 4.39 Å². The predicted molar refractivity (Wildman–Crippen MR) is 112 cm³/mol. The van der Waals surface area contributed by atoms with Crippen LogP contribution >= 0.6 is 11.6 Å². The topological polar surface area (TPSA) is 96.4 Å². The van der Waals surface area contributed by atoms with Crippen LogP contribution in [0, 0.1) is 5.82 Å². The molecule has 8 nitrogen and oxygen atoms in total. The van der Waals surface area contributed by atoms with Crippen LogP contribution < -0.4 is 4.74 Å². The van der Waals surface area contributed by atoms with E-state index in [2.05, 4.69) is 0 Å². The van der Waals surface area contributed by atoms with Gasteiger partial charge in [-0.15, -0.1) is 0 Å². The van der Waals surface area contributed by atoms with Crippen LogP contribution in [-0.4, -0.2) is 61.5 Å². The number of piperazine rings is 1. The molecule has 31 heavy (non-hydrogen) atoms. The van der Waals surface area contributed by atoms with E-state index in [0.717, 1.165) is 5.56 Å². The fraction of sp³-hybridized carbons (Fsp3) is 0.350. The van der Waals surface area contributed by atoms with Crippen molar-refractivity contribution in [1.82, 2.24) is 9.21 Å². The Bertz CT molecular complexity index is 1010. The predicted octanol–water partition coefficient (Wildman–Crippen LogP) is 2.52. The van der Waals surface area contributed by atoms with Crippen molar-refractivity contribution in [2.45, 2.75) is 13.2 Å². The average molecular weight is 473 g/mol. The van der Waals surface area contributed by atoms with E-state index in [1.54, 1.807) is 18.2 Å². The number of benzene rings is 2. The van der Waals surface area contributed by atoms with E-state index in [9.17, 15) is 17.6 Å². The first kappa shape index (κ1) is 23.4. The summed E-state index contributed by atoms with van der Waals surface area (Å²) in [6.07, 6.45) is 0. The molecule has 0 amide bonds. The van der Waals surface area contributed by atoms with Crippen molar-refractivity contribution in [3.8, 4) is 5.75 Å². The van der Waals surface area contributed by atoms with E-state index in [1.807, 2.05) is 4.90 Å². The molecular weight excluding hydrogens is 451 g/mol. The second kappa shape index (κ2) is 10.4. The van der Waals surface area contributed by atoms with Gasteiger partial charge in [0, 0.05) is 43.3 Å². The van der Waals surface area contributed by atoms with E-state index in [1.165, 1.54) is 28.6 Å². The van der Waals surface area contributed by atoms with Gasteiger partial charge in [0.15, 0.2) is 6.61 Å². The summed E-state index contributed by atoms with van der Waals surface area (Å²) in [4.78, 5) is 12.8. The highest BCUT2D eigenvalue weighted by atomic mass is 35.5. The van der Waals surface area contributed by atoms with Crippen LogP contribution in [0.1, 0.15) is 11.1 Å². The number of hydrogen-bond acceptors (Lipinski definition) is 6. The molecule has 0 saturated carbocycles. The maximum atomic E-state index is 13.0. The summed E-state index contributed by atoms with van der Waals surface area (Å²) in [5.74, 6) is -1.07. The molecule has 0 aromatic heterocycles. The molecule has 1 heterocycles. The van der Waals surface area contributed by atoms with Crippen molar-refractivity contribution in [3.05, 3.63) is 64.4 Å². The van der Waals surface area contributed by atoms with Crippen molar-refractivity contribution >= 4 is 27.9 Å². The fourth-order valence-corrected chi connectivity index (χ4v) is 4.34. The molecule has 2 aromatic carbocycles. The zero-order valence-corrected chi connectivity index (χ0v) is 18.1. The first-order valence-corrected chi connectivity index (χ1v) is 11.2. The highest BCUT2D eigenvalue weighted by molar-refractivity contribution is 7.84. The van der Waals surface area contributed by atoms with Crippen LogP contribution in [0.25, 0.3) is 0 Å². The molecule has 1 aliphatic rings. The Morgan fingerprint density at radius 3 is 2.42 bits per heavy atom. The van der Waals surface area contributed by atoms with Crippen LogP contribution in [-0.2, 0) is 32.4 Å². The molecule has 11 heteroatoms. The van der Waals surface area contributed by atoms with Crippen LogP contribution in [0.3, 0.4) is 0 Å².